The molecular weight excluding hydrogens is 272 g/mol. The van der Waals surface area contributed by atoms with Crippen LogP contribution in [0.5, 0.6) is 5.75 Å². The largest absolute Gasteiger partial charge is 0.484 e. The second-order valence-corrected chi connectivity index (χ2v) is 5.14. The van der Waals surface area contributed by atoms with Crippen molar-refractivity contribution in [3.8, 4) is 5.75 Å². The Balaban J connectivity index is 2.00. The van der Waals surface area contributed by atoms with Gasteiger partial charge in [-0.05, 0) is 24.2 Å². The van der Waals surface area contributed by atoms with E-state index in [-0.39, 0.29) is 12.6 Å². The van der Waals surface area contributed by atoms with Gasteiger partial charge in [-0.15, -0.1) is 0 Å². The number of aliphatic hydroxyl groups is 1. The van der Waals surface area contributed by atoms with Gasteiger partial charge in [0.05, 0.1) is 25.4 Å². The minimum Gasteiger partial charge on any atom is -0.484 e. The zero-order chi connectivity index (χ0) is 15.2. The first-order valence-corrected chi connectivity index (χ1v) is 7.10. The van der Waals surface area contributed by atoms with Crippen LogP contribution in [0.2, 0.25) is 0 Å². The molecule has 21 heavy (non-hydrogen) atoms. The second kappa shape index (κ2) is 7.40. The molecular formula is C15H22N2O4. The number of rotatable bonds is 7. The highest BCUT2D eigenvalue weighted by atomic mass is 16.5. The number of likely N-dealkylation sites (N-methyl/N-ethyl adjacent to an activating group) is 1. The van der Waals surface area contributed by atoms with Crippen LogP contribution in [0.15, 0.2) is 24.3 Å². The number of aliphatic hydroxyl groups excluding tert-OH is 1. The molecule has 2 atom stereocenters. The van der Waals surface area contributed by atoms with Crippen LogP contribution in [-0.2, 0) is 16.1 Å². The summed E-state index contributed by atoms with van der Waals surface area (Å²) < 4.78 is 10.6. The van der Waals surface area contributed by atoms with E-state index < -0.39 is 12.0 Å². The number of carbonyl (C=O) groups is 1. The predicted octanol–water partition coefficient (Wildman–Crippen LogP) is 0.132. The van der Waals surface area contributed by atoms with Crippen molar-refractivity contribution in [3.63, 3.8) is 0 Å². The summed E-state index contributed by atoms with van der Waals surface area (Å²) >= 11 is 0. The van der Waals surface area contributed by atoms with Crippen molar-refractivity contribution < 1.29 is 19.4 Å². The number of primary amides is 1. The molecule has 0 aromatic heterocycles. The Morgan fingerprint density at radius 3 is 2.95 bits per heavy atom. The number of carbonyl (C=O) groups excluding carboxylic acids is 1. The molecule has 1 aromatic rings. The molecule has 0 saturated carbocycles. The third-order valence-electron chi connectivity index (χ3n) is 3.56. The van der Waals surface area contributed by atoms with Crippen molar-refractivity contribution in [1.82, 2.24) is 4.90 Å². The topological polar surface area (TPSA) is 85.0 Å². The molecule has 1 aliphatic rings. The third kappa shape index (κ3) is 4.42. The van der Waals surface area contributed by atoms with Crippen LogP contribution in [0, 0.1) is 0 Å². The van der Waals surface area contributed by atoms with Gasteiger partial charge < -0.3 is 20.3 Å². The molecule has 1 heterocycles. The van der Waals surface area contributed by atoms with E-state index in [4.69, 9.17) is 15.2 Å². The highest BCUT2D eigenvalue weighted by Crippen LogP contribution is 2.19. The average Bonchev–Trinajstić information content (AvgIpc) is 2.89. The molecule has 6 heteroatoms. The SMILES string of the molecule is CCN(Cc1cccc(OCC(N)=O)c1)[C@@H]1COC[C@H]1O. The predicted molar refractivity (Wildman–Crippen MR) is 77.8 cm³/mol. The standard InChI is InChI=1S/C15H22N2O4/c1-2-17(13-8-20-9-14(13)18)7-11-4-3-5-12(6-11)21-10-15(16)19/h3-6,13-14,18H,2,7-10H2,1H3,(H2,16,19)/t13-,14-/m1/s1. The van der Waals surface area contributed by atoms with E-state index in [2.05, 4.69) is 11.8 Å². The smallest absolute Gasteiger partial charge is 0.255 e. The maximum Gasteiger partial charge on any atom is 0.255 e. The quantitative estimate of drug-likeness (QED) is 0.747. The maximum absolute atomic E-state index is 10.7. The molecule has 0 bridgehead atoms. The fourth-order valence-electron chi connectivity index (χ4n) is 2.47. The average molecular weight is 294 g/mol. The van der Waals surface area contributed by atoms with Crippen molar-refractivity contribution in [2.24, 2.45) is 5.73 Å². The lowest BCUT2D eigenvalue weighted by Gasteiger charge is -2.28. The lowest BCUT2D eigenvalue weighted by atomic mass is 10.1. The van der Waals surface area contributed by atoms with Crippen molar-refractivity contribution in [1.29, 1.82) is 0 Å². The Labute approximate surface area is 124 Å². The summed E-state index contributed by atoms with van der Waals surface area (Å²) in [5.74, 6) is 0.118. The van der Waals surface area contributed by atoms with E-state index in [1.54, 1.807) is 6.07 Å². The number of amides is 1. The van der Waals surface area contributed by atoms with Crippen LogP contribution in [-0.4, -0.2) is 54.4 Å². The van der Waals surface area contributed by atoms with Crippen molar-refractivity contribution in [3.05, 3.63) is 29.8 Å². The van der Waals surface area contributed by atoms with Crippen LogP contribution in [0.4, 0.5) is 0 Å². The van der Waals surface area contributed by atoms with Gasteiger partial charge in [0.1, 0.15) is 5.75 Å². The second-order valence-electron chi connectivity index (χ2n) is 5.14. The Bertz CT molecular complexity index is 480. The maximum atomic E-state index is 10.7. The molecule has 1 aromatic carbocycles. The summed E-state index contributed by atoms with van der Waals surface area (Å²) in [5, 5.41) is 9.93. The highest BCUT2D eigenvalue weighted by molar-refractivity contribution is 5.75. The van der Waals surface area contributed by atoms with Gasteiger partial charge in [0.2, 0.25) is 0 Å². The lowest BCUT2D eigenvalue weighted by molar-refractivity contribution is -0.119. The summed E-state index contributed by atoms with van der Waals surface area (Å²) in [7, 11) is 0. The van der Waals surface area contributed by atoms with E-state index >= 15 is 0 Å². The number of nitrogens with zero attached hydrogens (tertiary/aromatic N) is 1. The van der Waals surface area contributed by atoms with Crippen molar-refractivity contribution in [2.75, 3.05) is 26.4 Å². The number of ether oxygens (including phenoxy) is 2. The minimum atomic E-state index is -0.498. The summed E-state index contributed by atoms with van der Waals surface area (Å²) in [6.45, 7) is 4.37. The van der Waals surface area contributed by atoms with E-state index in [1.807, 2.05) is 18.2 Å². The molecule has 1 aliphatic heterocycles. The number of hydrogen-bond acceptors (Lipinski definition) is 5. The molecule has 0 unspecified atom stereocenters. The monoisotopic (exact) mass is 294 g/mol. The van der Waals surface area contributed by atoms with Gasteiger partial charge >= 0.3 is 0 Å². The highest BCUT2D eigenvalue weighted by Gasteiger charge is 2.30. The lowest BCUT2D eigenvalue weighted by Crippen LogP contribution is -2.42. The Morgan fingerprint density at radius 1 is 1.52 bits per heavy atom. The number of nitrogens with two attached hydrogens (primary N) is 1. The molecule has 3 N–H and O–H groups in total. The van der Waals surface area contributed by atoms with Gasteiger partial charge in [-0.3, -0.25) is 9.69 Å². The Morgan fingerprint density at radius 2 is 2.33 bits per heavy atom. The van der Waals surface area contributed by atoms with Crippen LogP contribution < -0.4 is 10.5 Å². The van der Waals surface area contributed by atoms with Gasteiger partial charge in [0.15, 0.2) is 6.61 Å². The molecule has 6 nitrogen and oxygen atoms in total. The van der Waals surface area contributed by atoms with E-state index in [1.165, 1.54) is 0 Å². The van der Waals surface area contributed by atoms with Crippen molar-refractivity contribution in [2.45, 2.75) is 25.6 Å². The fraction of sp³-hybridized carbons (Fsp3) is 0.533. The minimum absolute atomic E-state index is 0.0187. The Kier molecular flexibility index (Phi) is 5.55. The van der Waals surface area contributed by atoms with Crippen LogP contribution >= 0.6 is 0 Å². The number of hydrogen-bond donors (Lipinski definition) is 2. The summed E-state index contributed by atoms with van der Waals surface area (Å²) in [6, 6.07) is 7.55. The van der Waals surface area contributed by atoms with Gasteiger partial charge in [0, 0.05) is 6.54 Å². The zero-order valence-corrected chi connectivity index (χ0v) is 12.2. The first kappa shape index (κ1) is 15.8. The molecule has 1 fully saturated rings. The van der Waals surface area contributed by atoms with Crippen LogP contribution in [0.25, 0.3) is 0 Å². The summed E-state index contributed by atoms with van der Waals surface area (Å²) in [5.41, 5.74) is 6.12. The fourth-order valence-corrected chi connectivity index (χ4v) is 2.47. The molecule has 1 amide bonds. The van der Waals surface area contributed by atoms with E-state index in [0.29, 0.717) is 25.5 Å². The number of benzene rings is 1. The molecule has 0 radical (unpaired) electrons. The molecule has 116 valence electrons. The molecule has 1 saturated heterocycles. The summed E-state index contributed by atoms with van der Waals surface area (Å²) in [6.07, 6.45) is -0.445. The first-order valence-electron chi connectivity index (χ1n) is 7.10. The molecule has 0 aliphatic carbocycles. The zero-order valence-electron chi connectivity index (χ0n) is 12.2. The normalized spacial score (nSPS) is 21.7. The van der Waals surface area contributed by atoms with Crippen molar-refractivity contribution >= 4 is 5.91 Å². The Hall–Kier alpha value is -1.63. The molecule has 2 rings (SSSR count). The van der Waals surface area contributed by atoms with E-state index in [9.17, 15) is 9.90 Å². The van der Waals surface area contributed by atoms with E-state index in [0.717, 1.165) is 12.1 Å². The first-order chi connectivity index (χ1) is 10.1. The van der Waals surface area contributed by atoms with Crippen LogP contribution in [0.1, 0.15) is 12.5 Å². The van der Waals surface area contributed by atoms with Gasteiger partial charge in [-0.1, -0.05) is 19.1 Å². The third-order valence-corrected chi connectivity index (χ3v) is 3.56. The van der Waals surface area contributed by atoms with Crippen LogP contribution in [0.3, 0.4) is 0 Å². The van der Waals surface area contributed by atoms with Gasteiger partial charge in [-0.2, -0.15) is 0 Å². The summed E-state index contributed by atoms with van der Waals surface area (Å²) in [4.78, 5) is 12.9. The van der Waals surface area contributed by atoms with Gasteiger partial charge in [0.25, 0.3) is 5.91 Å². The molecule has 0 spiro atoms. The van der Waals surface area contributed by atoms with Gasteiger partial charge in [-0.25, -0.2) is 0 Å².